The highest BCUT2D eigenvalue weighted by Gasteiger charge is 2.32. The Morgan fingerprint density at radius 1 is 0.971 bits per heavy atom. The molecule has 0 saturated carbocycles. The molecule has 178 valence electrons. The summed E-state index contributed by atoms with van der Waals surface area (Å²) in [7, 11) is 0. The third-order valence-electron chi connectivity index (χ3n) is 5.57. The van der Waals surface area contributed by atoms with Crippen molar-refractivity contribution >= 4 is 46.4 Å². The lowest BCUT2D eigenvalue weighted by atomic mass is 10.0. The Morgan fingerprint density at radius 2 is 1.69 bits per heavy atom. The maximum atomic E-state index is 13.7. The molecule has 1 N–H and O–H groups in total. The Labute approximate surface area is 216 Å². The van der Waals surface area contributed by atoms with Crippen LogP contribution < -0.4 is 0 Å². The quantitative estimate of drug-likeness (QED) is 0.263. The summed E-state index contributed by atoms with van der Waals surface area (Å²) in [6.45, 7) is 0.0337. The predicted molar refractivity (Wildman–Crippen MR) is 138 cm³/mol. The Kier molecular flexibility index (Phi) is 7.86. The first-order chi connectivity index (χ1) is 16.8. The SMILES string of the molecule is O=C(O)C(Cc1ccccc1)N(Cc1sccc1-c1ccc(F)cc1)C(=O)c1ccc(Cl)cc1Cl. The molecule has 4 aromatic rings. The van der Waals surface area contributed by atoms with E-state index in [0.717, 1.165) is 21.6 Å². The van der Waals surface area contributed by atoms with Crippen molar-refractivity contribution < 1.29 is 19.1 Å². The van der Waals surface area contributed by atoms with Crippen LogP contribution in [0.4, 0.5) is 4.39 Å². The number of rotatable bonds is 8. The van der Waals surface area contributed by atoms with Crippen molar-refractivity contribution in [3.63, 3.8) is 0 Å². The van der Waals surface area contributed by atoms with Crippen LogP contribution in [0.1, 0.15) is 20.8 Å². The molecule has 0 spiro atoms. The summed E-state index contributed by atoms with van der Waals surface area (Å²) in [5.41, 5.74) is 2.52. The molecule has 1 aromatic heterocycles. The molecule has 0 aliphatic carbocycles. The molecular weight excluding hydrogens is 508 g/mol. The molecular formula is C27H20Cl2FNO3S. The first-order valence-electron chi connectivity index (χ1n) is 10.7. The zero-order valence-corrected chi connectivity index (χ0v) is 20.7. The Morgan fingerprint density at radius 3 is 2.34 bits per heavy atom. The van der Waals surface area contributed by atoms with Gasteiger partial charge < -0.3 is 10.0 Å². The van der Waals surface area contributed by atoms with Crippen LogP contribution >= 0.6 is 34.5 Å². The summed E-state index contributed by atoms with van der Waals surface area (Å²) in [6, 6.07) is 20.4. The lowest BCUT2D eigenvalue weighted by Gasteiger charge is -2.30. The molecule has 1 amide bonds. The third-order valence-corrected chi connectivity index (χ3v) is 7.02. The van der Waals surface area contributed by atoms with Crippen molar-refractivity contribution in [3.05, 3.63) is 116 Å². The van der Waals surface area contributed by atoms with E-state index in [4.69, 9.17) is 23.2 Å². The van der Waals surface area contributed by atoms with E-state index >= 15 is 0 Å². The van der Waals surface area contributed by atoms with E-state index in [1.54, 1.807) is 18.2 Å². The molecule has 35 heavy (non-hydrogen) atoms. The fourth-order valence-corrected chi connectivity index (χ4v) is 5.20. The first kappa shape index (κ1) is 24.9. The van der Waals surface area contributed by atoms with Crippen LogP contribution in [0.2, 0.25) is 10.0 Å². The molecule has 0 radical (unpaired) electrons. The highest BCUT2D eigenvalue weighted by atomic mass is 35.5. The van der Waals surface area contributed by atoms with E-state index in [1.165, 1.54) is 40.5 Å². The minimum Gasteiger partial charge on any atom is -0.480 e. The summed E-state index contributed by atoms with van der Waals surface area (Å²) in [5, 5.41) is 12.5. The number of hydrogen-bond acceptors (Lipinski definition) is 3. The van der Waals surface area contributed by atoms with Crippen molar-refractivity contribution in [1.29, 1.82) is 0 Å². The molecule has 0 bridgehead atoms. The normalized spacial score (nSPS) is 11.7. The summed E-state index contributed by atoms with van der Waals surface area (Å²) in [5.74, 6) is -2.01. The number of benzene rings is 3. The Bertz CT molecular complexity index is 1340. The maximum Gasteiger partial charge on any atom is 0.326 e. The minimum atomic E-state index is -1.15. The lowest BCUT2D eigenvalue weighted by molar-refractivity contribution is -0.142. The van der Waals surface area contributed by atoms with E-state index in [2.05, 4.69) is 0 Å². The Balaban J connectivity index is 1.75. The monoisotopic (exact) mass is 527 g/mol. The predicted octanol–water partition coefficient (Wildman–Crippen LogP) is 7.20. The number of carbonyl (C=O) groups excluding carboxylic acids is 1. The Hall–Kier alpha value is -3.19. The second kappa shape index (κ2) is 11.0. The average Bonchev–Trinajstić information content (AvgIpc) is 3.30. The molecule has 0 aliphatic rings. The number of hydrogen-bond donors (Lipinski definition) is 1. The van der Waals surface area contributed by atoms with Crippen molar-refractivity contribution in [2.75, 3.05) is 0 Å². The molecule has 3 aromatic carbocycles. The minimum absolute atomic E-state index is 0.0337. The topological polar surface area (TPSA) is 57.6 Å². The van der Waals surface area contributed by atoms with Crippen LogP contribution in [0, 0.1) is 5.82 Å². The van der Waals surface area contributed by atoms with Crippen molar-refractivity contribution in [2.24, 2.45) is 0 Å². The number of halogens is 3. The zero-order chi connectivity index (χ0) is 24.9. The van der Waals surface area contributed by atoms with Gasteiger partial charge in [0.25, 0.3) is 5.91 Å². The van der Waals surface area contributed by atoms with Gasteiger partial charge in [-0.2, -0.15) is 0 Å². The summed E-state index contributed by atoms with van der Waals surface area (Å²) in [6.07, 6.45) is 0.115. The number of amides is 1. The van der Waals surface area contributed by atoms with Crippen molar-refractivity contribution in [3.8, 4) is 11.1 Å². The fraction of sp³-hybridized carbons (Fsp3) is 0.111. The first-order valence-corrected chi connectivity index (χ1v) is 12.3. The molecule has 8 heteroatoms. The van der Waals surface area contributed by atoms with Gasteiger partial charge in [0, 0.05) is 16.3 Å². The number of carboxylic acids is 1. The van der Waals surface area contributed by atoms with Gasteiger partial charge >= 0.3 is 5.97 Å². The molecule has 1 atom stereocenters. The van der Waals surface area contributed by atoms with Gasteiger partial charge in [0.2, 0.25) is 0 Å². The van der Waals surface area contributed by atoms with E-state index < -0.39 is 17.9 Å². The van der Waals surface area contributed by atoms with Crippen LogP contribution in [0.3, 0.4) is 0 Å². The summed E-state index contributed by atoms with van der Waals surface area (Å²) < 4.78 is 13.5. The highest BCUT2D eigenvalue weighted by molar-refractivity contribution is 7.10. The number of nitrogens with zero attached hydrogens (tertiary/aromatic N) is 1. The molecule has 1 heterocycles. The van der Waals surface area contributed by atoms with E-state index in [-0.39, 0.29) is 29.4 Å². The molecule has 4 nitrogen and oxygen atoms in total. The molecule has 4 rings (SSSR count). The van der Waals surface area contributed by atoms with Crippen LogP contribution in [0.5, 0.6) is 0 Å². The number of aliphatic carboxylic acids is 1. The van der Waals surface area contributed by atoms with Gasteiger partial charge in [-0.1, -0.05) is 65.7 Å². The number of carbonyl (C=O) groups is 2. The van der Waals surface area contributed by atoms with Gasteiger partial charge in [-0.15, -0.1) is 11.3 Å². The van der Waals surface area contributed by atoms with Gasteiger partial charge in [0.1, 0.15) is 11.9 Å². The van der Waals surface area contributed by atoms with Crippen LogP contribution in [0.25, 0.3) is 11.1 Å². The van der Waals surface area contributed by atoms with Crippen LogP contribution in [-0.2, 0) is 17.8 Å². The molecule has 0 saturated heterocycles. The van der Waals surface area contributed by atoms with Gasteiger partial charge in [-0.25, -0.2) is 9.18 Å². The number of thiophene rings is 1. The smallest absolute Gasteiger partial charge is 0.326 e. The van der Waals surface area contributed by atoms with Gasteiger partial charge in [-0.3, -0.25) is 4.79 Å². The summed E-state index contributed by atoms with van der Waals surface area (Å²) in [4.78, 5) is 28.3. The van der Waals surface area contributed by atoms with Crippen molar-refractivity contribution in [1.82, 2.24) is 4.90 Å². The zero-order valence-electron chi connectivity index (χ0n) is 18.3. The highest BCUT2D eigenvalue weighted by Crippen LogP contribution is 2.32. The van der Waals surface area contributed by atoms with Gasteiger partial charge in [0.05, 0.1) is 17.1 Å². The third kappa shape index (κ3) is 5.90. The van der Waals surface area contributed by atoms with Crippen LogP contribution in [0.15, 0.2) is 84.2 Å². The fourth-order valence-electron chi connectivity index (χ4n) is 3.81. The maximum absolute atomic E-state index is 13.7. The van der Waals surface area contributed by atoms with E-state index in [9.17, 15) is 19.1 Å². The lowest BCUT2D eigenvalue weighted by Crippen LogP contribution is -2.46. The largest absolute Gasteiger partial charge is 0.480 e. The van der Waals surface area contributed by atoms with Gasteiger partial charge in [0.15, 0.2) is 0 Å². The van der Waals surface area contributed by atoms with E-state index in [0.29, 0.717) is 5.02 Å². The standard InChI is InChI=1S/C27H20Cl2FNO3S/c28-19-8-11-22(23(29)15-19)26(32)31(24(27(33)34)14-17-4-2-1-3-5-17)16-25-21(12-13-35-25)18-6-9-20(30)10-7-18/h1-13,15,24H,14,16H2,(H,33,34). The molecule has 1 unspecified atom stereocenters. The number of carboxylic acid groups (broad SMARTS) is 1. The second-order valence-electron chi connectivity index (χ2n) is 7.87. The summed E-state index contributed by atoms with van der Waals surface area (Å²) >= 11 is 13.7. The van der Waals surface area contributed by atoms with E-state index in [1.807, 2.05) is 41.8 Å². The van der Waals surface area contributed by atoms with Crippen molar-refractivity contribution in [2.45, 2.75) is 19.0 Å². The molecule has 0 fully saturated rings. The van der Waals surface area contributed by atoms with Crippen LogP contribution in [-0.4, -0.2) is 27.9 Å². The van der Waals surface area contributed by atoms with Gasteiger partial charge in [-0.05, 0) is 58.5 Å². The molecule has 0 aliphatic heterocycles. The average molecular weight is 528 g/mol. The second-order valence-corrected chi connectivity index (χ2v) is 9.71.